The van der Waals surface area contributed by atoms with Crippen LogP contribution in [0.25, 0.3) is 11.1 Å². The van der Waals surface area contributed by atoms with Crippen molar-refractivity contribution in [3.05, 3.63) is 128 Å². The molecule has 2 saturated heterocycles. The lowest BCUT2D eigenvalue weighted by molar-refractivity contribution is -0.334. The minimum absolute atomic E-state index is 0.0911. The van der Waals surface area contributed by atoms with Gasteiger partial charge < -0.3 is 122 Å². The lowest BCUT2D eigenvalue weighted by atomic mass is 9.84. The number of likely N-dealkylation sites (N-methyl/N-ethyl adjacent to an activating group) is 1. The molecule has 7 aliphatic rings. The second-order valence-corrected chi connectivity index (χ2v) is 27.7. The summed E-state index contributed by atoms with van der Waals surface area (Å²) in [5, 5.41) is 132. The largest absolute Gasteiger partial charge is 0.508 e. The number of amides is 7. The van der Waals surface area contributed by atoms with Crippen LogP contribution in [0.4, 0.5) is 4.79 Å². The van der Waals surface area contributed by atoms with E-state index in [1.807, 2.05) is 13.8 Å². The van der Waals surface area contributed by atoms with Crippen LogP contribution in [0.15, 0.2) is 78.9 Å². The van der Waals surface area contributed by atoms with Crippen molar-refractivity contribution in [3.8, 4) is 45.6 Å². The van der Waals surface area contributed by atoms with Crippen LogP contribution in [0.3, 0.4) is 0 Å². The lowest BCUT2D eigenvalue weighted by Gasteiger charge is -2.48. The highest BCUT2D eigenvalue weighted by Crippen LogP contribution is 2.48. The molecule has 7 heterocycles. The van der Waals surface area contributed by atoms with Crippen LogP contribution in [0.2, 0.25) is 10.0 Å². The zero-order valence-corrected chi connectivity index (χ0v) is 58.6. The van der Waals surface area contributed by atoms with Crippen LogP contribution in [0.5, 0.6) is 34.5 Å². The number of Topliss-reactive ketones (excluding diaryl/α,β-unsaturated/α-hetero) is 1. The molecule has 5 aromatic carbocycles. The van der Waals surface area contributed by atoms with Gasteiger partial charge in [-0.3, -0.25) is 33.6 Å². The van der Waals surface area contributed by atoms with Crippen LogP contribution in [-0.2, 0) is 63.7 Å². The van der Waals surface area contributed by atoms with Gasteiger partial charge in [0.05, 0.1) is 48.8 Å². The monoisotopic (exact) mass is 1500 g/mol. The number of hydrogen-bond donors (Lipinski definition) is 18. The van der Waals surface area contributed by atoms with Crippen LogP contribution in [0, 0.1) is 5.92 Å². The van der Waals surface area contributed by atoms with Gasteiger partial charge in [0.25, 0.3) is 0 Å². The fourth-order valence-corrected chi connectivity index (χ4v) is 14.0. The summed E-state index contributed by atoms with van der Waals surface area (Å²) in [5.74, 6) is -15.9. The molecule has 33 nitrogen and oxygen atoms in total. The average molecular weight is 1500 g/mol. The van der Waals surface area contributed by atoms with E-state index in [1.165, 1.54) is 57.3 Å². The Bertz CT molecular complexity index is 4230. The predicted molar refractivity (Wildman–Crippen MR) is 365 cm³/mol. The number of primary amides is 1. The number of aliphatic hydroxyl groups is 6. The SMILES string of the molecule is CN[C@H](CC(C)C)C(=O)N[C@H]1C(=O)N[C@@H](CC(N)=O)C(=O)N[C@H]2C(=O)CC3C(=O)N[C@H](C(=O)N[C@@H](C(=O)O)c4cc(O)cc(O)c4-c4cc3ccc4O)[C@H](O)c3ccc(c(Cl)c3)Cc3cc2cc(c3O[C@@H]2O[C@H](CO)[C@@H](O)[C@H](O)[C@H]2O[C@H]2C[C@](C)(NC(=O)OC)[C@H](O)[C@H](C)O2)Oc2ccc(cc2Cl)[C@H]1O. The van der Waals surface area contributed by atoms with Crippen molar-refractivity contribution in [2.24, 2.45) is 11.7 Å². The highest BCUT2D eigenvalue weighted by Gasteiger charge is 2.53. The first kappa shape index (κ1) is 78.1. The Hall–Kier alpha value is -9.49. The van der Waals surface area contributed by atoms with Crippen molar-refractivity contribution in [1.82, 2.24) is 37.2 Å². The number of alkyl carbamates (subject to hydrolysis) is 1. The van der Waals surface area contributed by atoms with Gasteiger partial charge in [-0.15, -0.1) is 0 Å². The van der Waals surface area contributed by atoms with E-state index in [2.05, 4.69) is 37.2 Å². The summed E-state index contributed by atoms with van der Waals surface area (Å²) in [5.41, 5.74) is 1.80. The molecule has 11 bridgehead atoms. The number of carboxylic acid groups (broad SMARTS) is 1. The van der Waals surface area contributed by atoms with Crippen molar-refractivity contribution in [3.63, 3.8) is 0 Å². The Morgan fingerprint density at radius 1 is 0.762 bits per heavy atom. The van der Waals surface area contributed by atoms with Gasteiger partial charge in [0.1, 0.15) is 83.8 Å². The molecule has 0 aromatic heterocycles. The van der Waals surface area contributed by atoms with E-state index >= 15 is 14.4 Å². The third-order valence-corrected chi connectivity index (χ3v) is 19.6. The molecular weight excluding hydrogens is 1420 g/mol. The summed E-state index contributed by atoms with van der Waals surface area (Å²) in [4.78, 5) is 130. The Morgan fingerprint density at radius 3 is 2.11 bits per heavy atom. The molecule has 564 valence electrons. The molecule has 19 N–H and O–H groups in total. The standard InChI is InChI=1S/C70H80Cl2N8O25/c1-26(2)13-40(74-5)63(93)79-53-56(88)31-10-12-45(39(72)18-31)102-46-19-32-15-33(59(46)105-68-60(58(90)57(89)47(25-81)103-68)104-49-24-70(4,80-69(99)100-6)61(91)27(3)101-49)14-29-7-8-30(17-38(29)71)55(87)54-66(96)77-52(67(97)98)37-20-34(82)21-43(84)50(37)36-16-28(9-11-42(36)83)35(62(92)78-54)22-44(85)51(32)76-64(94)41(23-48(73)86)75-65(53)95/h7-12,15-21,26-27,35,40-41,47,49,51-58,60-61,68,74,81-84,87-91H,13-14,22-25H2,1-6H3,(H2,73,86)(H,75,95)(H,76,94)(H,77,96)(H,78,92)(H,79,93)(H,80,99)(H,97,98)/t27-,35?,40+,41-,47+,49-,51+,52+,53+,54-,55+,56+,57+,58-,60+,61+,68-,70-/m0/s1. The minimum Gasteiger partial charge on any atom is -0.508 e. The number of halogens is 2. The third-order valence-electron chi connectivity index (χ3n) is 19.0. The smallest absolute Gasteiger partial charge is 0.407 e. The number of phenols is 3. The van der Waals surface area contributed by atoms with E-state index in [1.54, 1.807) is 0 Å². The number of hydrogen-bond acceptors (Lipinski definition) is 25. The number of benzene rings is 5. The first-order valence-electron chi connectivity index (χ1n) is 33.2. The van der Waals surface area contributed by atoms with Crippen LogP contribution in [0.1, 0.15) is 123 Å². The van der Waals surface area contributed by atoms with Crippen molar-refractivity contribution in [1.29, 1.82) is 0 Å². The molecule has 5 aromatic rings. The Balaban J connectivity index is 1.24. The number of carbonyl (C=O) groups excluding carboxylic acids is 8. The zero-order chi connectivity index (χ0) is 76.5. The van der Waals surface area contributed by atoms with Crippen LogP contribution in [-0.4, -0.2) is 204 Å². The summed E-state index contributed by atoms with van der Waals surface area (Å²) in [6.45, 7) is 5.57. The fraction of sp³-hybridized carbons (Fsp3) is 0.443. The van der Waals surface area contributed by atoms with Crippen molar-refractivity contribution < 1.29 is 123 Å². The highest BCUT2D eigenvalue weighted by atomic mass is 35.5. The summed E-state index contributed by atoms with van der Waals surface area (Å²) in [6, 6.07) is 2.93. The van der Waals surface area contributed by atoms with E-state index in [0.717, 1.165) is 49.6 Å². The first-order chi connectivity index (χ1) is 49.6. The number of rotatable bonds is 14. The number of carboxylic acids is 1. The number of phenolic OH excluding ortho intramolecular Hbond substituents is 3. The second kappa shape index (κ2) is 32.1. The van der Waals surface area contributed by atoms with Crippen molar-refractivity contribution in [2.75, 3.05) is 20.8 Å². The lowest BCUT2D eigenvalue weighted by Crippen LogP contribution is -2.66. The minimum atomic E-state index is -2.23. The average Bonchev–Trinajstić information content (AvgIpc) is 0.792. The molecule has 1 unspecified atom stereocenters. The first-order valence-corrected chi connectivity index (χ1v) is 33.9. The van der Waals surface area contributed by atoms with Gasteiger partial charge in [-0.1, -0.05) is 61.3 Å². The van der Waals surface area contributed by atoms with E-state index < -0.39 is 234 Å². The maximum Gasteiger partial charge on any atom is 0.407 e. The predicted octanol–water partition coefficient (Wildman–Crippen LogP) is 1.19. The number of nitrogens with two attached hydrogens (primary N) is 1. The topological polar surface area (TPSA) is 522 Å². The van der Waals surface area contributed by atoms with Gasteiger partial charge in [-0.25, -0.2) is 9.59 Å². The number of carbonyl (C=O) groups is 9. The zero-order valence-electron chi connectivity index (χ0n) is 57.1. The summed E-state index contributed by atoms with van der Waals surface area (Å²) >= 11 is 14.3. The summed E-state index contributed by atoms with van der Waals surface area (Å²) in [6.07, 6.45) is -21.6. The number of aliphatic carboxylic acids is 1. The molecule has 0 radical (unpaired) electrons. The molecule has 0 saturated carbocycles. The van der Waals surface area contributed by atoms with Gasteiger partial charge in [-0.2, -0.15) is 0 Å². The number of methoxy groups -OCH3 is 1. The van der Waals surface area contributed by atoms with Crippen LogP contribution < -0.4 is 52.4 Å². The molecule has 7 aliphatic heterocycles. The van der Waals surface area contributed by atoms with E-state index in [9.17, 15) is 79.8 Å². The van der Waals surface area contributed by atoms with Gasteiger partial charge in [0.15, 0.2) is 35.7 Å². The maximum atomic E-state index is 16.2. The van der Waals surface area contributed by atoms with Gasteiger partial charge in [0, 0.05) is 52.6 Å². The van der Waals surface area contributed by atoms with E-state index in [0.29, 0.717) is 0 Å². The Kier molecular flexibility index (Phi) is 23.9. The summed E-state index contributed by atoms with van der Waals surface area (Å²) in [7, 11) is 2.57. The highest BCUT2D eigenvalue weighted by molar-refractivity contribution is 6.32. The Morgan fingerprint density at radius 2 is 1.46 bits per heavy atom. The quantitative estimate of drug-likeness (QED) is 0.0742. The number of ketones is 1. The molecule has 0 aliphatic carbocycles. The molecule has 18 atom stereocenters. The molecular formula is C70H80Cl2N8O25. The normalized spacial score (nSPS) is 28.8. The van der Waals surface area contributed by atoms with Gasteiger partial charge >= 0.3 is 12.1 Å². The second-order valence-electron chi connectivity index (χ2n) is 26.9. The molecule has 7 amide bonds. The van der Waals surface area contributed by atoms with Crippen molar-refractivity contribution >= 4 is 76.5 Å². The van der Waals surface area contributed by atoms with Crippen LogP contribution >= 0.6 is 23.2 Å². The van der Waals surface area contributed by atoms with Gasteiger partial charge in [0.2, 0.25) is 41.7 Å². The van der Waals surface area contributed by atoms with Gasteiger partial charge in [-0.05, 0) is 110 Å². The number of aliphatic hydroxyl groups excluding tert-OH is 6. The summed E-state index contributed by atoms with van der Waals surface area (Å²) < 4.78 is 37.1. The maximum absolute atomic E-state index is 16.2. The number of nitrogens with one attached hydrogen (secondary N) is 7. The fourth-order valence-electron chi connectivity index (χ4n) is 13.5. The number of fused-ring (bicyclic) bond motifs is 15. The Labute approximate surface area is 608 Å². The molecule has 35 heteroatoms. The van der Waals surface area contributed by atoms with E-state index in [-0.39, 0.29) is 67.9 Å². The number of ether oxygens (including phenoxy) is 6. The molecule has 0 spiro atoms. The molecule has 2 fully saturated rings. The van der Waals surface area contributed by atoms with E-state index in [4.69, 9.17) is 57.4 Å². The third kappa shape index (κ3) is 16.8. The number of aromatic hydroxyl groups is 3. The van der Waals surface area contributed by atoms with Crippen molar-refractivity contribution in [2.45, 2.75) is 169 Å². The molecule has 12 rings (SSSR count). The molecule has 105 heavy (non-hydrogen) atoms.